The first-order chi connectivity index (χ1) is 7.36. The molecule has 0 saturated carbocycles. The van der Waals surface area contributed by atoms with Gasteiger partial charge in [-0.2, -0.15) is 0 Å². The van der Waals surface area contributed by atoms with Crippen molar-refractivity contribution >= 4 is 24.8 Å². The van der Waals surface area contributed by atoms with Crippen molar-refractivity contribution < 1.29 is 0 Å². The van der Waals surface area contributed by atoms with Crippen LogP contribution in [-0.2, 0) is 0 Å². The van der Waals surface area contributed by atoms with Gasteiger partial charge in [0.2, 0.25) is 0 Å². The van der Waals surface area contributed by atoms with E-state index >= 15 is 0 Å². The van der Waals surface area contributed by atoms with Gasteiger partial charge in [0.05, 0.1) is 0 Å². The first-order valence-electron chi connectivity index (χ1n) is 6.01. The Labute approximate surface area is 118 Å². The van der Waals surface area contributed by atoms with Gasteiger partial charge >= 0.3 is 0 Å². The molecule has 102 valence electrons. The lowest BCUT2D eigenvalue weighted by Crippen LogP contribution is -2.33. The molecule has 1 heterocycles. The van der Waals surface area contributed by atoms with E-state index in [0.717, 1.165) is 19.0 Å². The van der Waals surface area contributed by atoms with Crippen LogP contribution in [0.2, 0.25) is 0 Å². The maximum Gasteiger partial charge on any atom is 0.0163 e. The second-order valence-electron chi connectivity index (χ2n) is 4.34. The predicted octanol–water partition coefficient (Wildman–Crippen LogP) is 2.89. The maximum atomic E-state index is 3.79. The fraction of sp³-hybridized carbons (Fsp3) is 0.692. The highest BCUT2D eigenvalue weighted by Crippen LogP contribution is 2.14. The minimum absolute atomic E-state index is 0. The molecule has 0 aromatic heterocycles. The Morgan fingerprint density at radius 1 is 1.18 bits per heavy atom. The fourth-order valence-electron chi connectivity index (χ4n) is 2.16. The van der Waals surface area contributed by atoms with E-state index in [4.69, 9.17) is 0 Å². The van der Waals surface area contributed by atoms with Crippen LogP contribution in [0.4, 0.5) is 0 Å². The minimum Gasteiger partial charge on any atom is -0.316 e. The summed E-state index contributed by atoms with van der Waals surface area (Å²) in [6.45, 7) is 13.1. The molecule has 0 radical (unpaired) electrons. The molecule has 1 saturated heterocycles. The molecule has 2 nitrogen and oxygen atoms in total. The average molecular weight is 281 g/mol. The van der Waals surface area contributed by atoms with Gasteiger partial charge in [-0.15, -0.1) is 38.0 Å². The van der Waals surface area contributed by atoms with Gasteiger partial charge in [0.25, 0.3) is 0 Å². The lowest BCUT2D eigenvalue weighted by Gasteiger charge is -2.26. The third-order valence-electron chi connectivity index (χ3n) is 3.03. The molecular weight excluding hydrogens is 255 g/mol. The van der Waals surface area contributed by atoms with Crippen LogP contribution >= 0.6 is 24.8 Å². The number of nitrogens with one attached hydrogen (secondary N) is 1. The standard InChI is InChI=1S/C13H24N2.2ClH/c1-3-9-15(10-4-2)11-7-13-6-5-8-14-12-13;;/h3-4,13-14H,1-2,5-12H2;2*1H. The number of hydrogen-bond acceptors (Lipinski definition) is 2. The monoisotopic (exact) mass is 280 g/mol. The van der Waals surface area contributed by atoms with E-state index in [1.165, 1.54) is 38.9 Å². The van der Waals surface area contributed by atoms with Gasteiger partial charge in [-0.1, -0.05) is 12.2 Å². The maximum absolute atomic E-state index is 3.79. The summed E-state index contributed by atoms with van der Waals surface area (Å²) in [5.41, 5.74) is 0. The Hall–Kier alpha value is -0.0200. The predicted molar refractivity (Wildman–Crippen MR) is 81.5 cm³/mol. The summed E-state index contributed by atoms with van der Waals surface area (Å²) in [6, 6.07) is 0. The molecule has 1 atom stereocenters. The van der Waals surface area contributed by atoms with Gasteiger partial charge in [-0.05, 0) is 44.8 Å². The van der Waals surface area contributed by atoms with Gasteiger partial charge < -0.3 is 5.32 Å². The summed E-state index contributed by atoms with van der Waals surface area (Å²) in [5, 5.41) is 3.46. The summed E-state index contributed by atoms with van der Waals surface area (Å²) in [4.78, 5) is 2.40. The smallest absolute Gasteiger partial charge is 0.0163 e. The molecular formula is C13H26Cl2N2. The van der Waals surface area contributed by atoms with E-state index in [1.54, 1.807) is 0 Å². The highest BCUT2D eigenvalue weighted by Gasteiger charge is 2.13. The average Bonchev–Trinajstić information content (AvgIpc) is 2.28. The number of piperidine rings is 1. The quantitative estimate of drug-likeness (QED) is 0.722. The van der Waals surface area contributed by atoms with Crippen molar-refractivity contribution in [1.82, 2.24) is 10.2 Å². The highest BCUT2D eigenvalue weighted by atomic mass is 35.5. The van der Waals surface area contributed by atoms with Crippen LogP contribution in [0.1, 0.15) is 19.3 Å². The van der Waals surface area contributed by atoms with Crippen molar-refractivity contribution in [3.63, 3.8) is 0 Å². The van der Waals surface area contributed by atoms with Crippen molar-refractivity contribution in [3.8, 4) is 0 Å². The van der Waals surface area contributed by atoms with E-state index in [0.29, 0.717) is 0 Å². The van der Waals surface area contributed by atoms with Crippen LogP contribution in [0.3, 0.4) is 0 Å². The van der Waals surface area contributed by atoms with Crippen LogP contribution in [0.15, 0.2) is 25.3 Å². The summed E-state index contributed by atoms with van der Waals surface area (Å²) < 4.78 is 0. The van der Waals surface area contributed by atoms with Crippen molar-refractivity contribution in [2.75, 3.05) is 32.7 Å². The van der Waals surface area contributed by atoms with Gasteiger partial charge in [0, 0.05) is 13.1 Å². The molecule has 17 heavy (non-hydrogen) atoms. The number of hydrogen-bond donors (Lipinski definition) is 1. The molecule has 1 unspecified atom stereocenters. The fourth-order valence-corrected chi connectivity index (χ4v) is 2.16. The molecule has 1 fully saturated rings. The van der Waals surface area contributed by atoms with E-state index in [2.05, 4.69) is 23.4 Å². The molecule has 0 aliphatic carbocycles. The van der Waals surface area contributed by atoms with Gasteiger partial charge in [0.1, 0.15) is 0 Å². The zero-order valence-corrected chi connectivity index (χ0v) is 12.2. The Bertz CT molecular complexity index is 182. The zero-order chi connectivity index (χ0) is 10.9. The zero-order valence-electron chi connectivity index (χ0n) is 10.6. The first-order valence-corrected chi connectivity index (χ1v) is 6.01. The van der Waals surface area contributed by atoms with E-state index in [-0.39, 0.29) is 24.8 Å². The molecule has 1 N–H and O–H groups in total. The molecule has 0 spiro atoms. The molecule has 0 aromatic rings. The normalized spacial score (nSPS) is 19.0. The van der Waals surface area contributed by atoms with Crippen LogP contribution in [-0.4, -0.2) is 37.6 Å². The van der Waals surface area contributed by atoms with Crippen LogP contribution in [0.5, 0.6) is 0 Å². The molecule has 4 heteroatoms. The Morgan fingerprint density at radius 2 is 1.82 bits per heavy atom. The molecule has 0 bridgehead atoms. The Morgan fingerprint density at radius 3 is 2.29 bits per heavy atom. The highest BCUT2D eigenvalue weighted by molar-refractivity contribution is 5.85. The third-order valence-corrected chi connectivity index (χ3v) is 3.03. The summed E-state index contributed by atoms with van der Waals surface area (Å²) in [5.74, 6) is 0.871. The van der Waals surface area contributed by atoms with E-state index < -0.39 is 0 Å². The second kappa shape index (κ2) is 12.4. The molecule has 0 aromatic carbocycles. The largest absolute Gasteiger partial charge is 0.316 e. The minimum atomic E-state index is 0. The van der Waals surface area contributed by atoms with Crippen LogP contribution in [0, 0.1) is 5.92 Å². The SMILES string of the molecule is C=CCN(CC=C)CCC1CCCNC1.Cl.Cl. The first kappa shape index (κ1) is 19.3. The Kier molecular flexibility index (Phi) is 14.1. The Balaban J connectivity index is 0. The lowest BCUT2D eigenvalue weighted by atomic mass is 9.96. The second-order valence-corrected chi connectivity index (χ2v) is 4.34. The van der Waals surface area contributed by atoms with Gasteiger partial charge in [-0.25, -0.2) is 0 Å². The summed E-state index contributed by atoms with van der Waals surface area (Å²) in [6.07, 6.45) is 7.98. The number of halogens is 2. The van der Waals surface area contributed by atoms with Crippen molar-refractivity contribution in [1.29, 1.82) is 0 Å². The number of rotatable bonds is 7. The summed E-state index contributed by atoms with van der Waals surface area (Å²) >= 11 is 0. The third kappa shape index (κ3) is 8.67. The van der Waals surface area contributed by atoms with Gasteiger partial charge in [-0.3, -0.25) is 4.90 Å². The van der Waals surface area contributed by atoms with Crippen molar-refractivity contribution in [2.24, 2.45) is 5.92 Å². The topological polar surface area (TPSA) is 15.3 Å². The van der Waals surface area contributed by atoms with Crippen molar-refractivity contribution in [2.45, 2.75) is 19.3 Å². The van der Waals surface area contributed by atoms with Crippen LogP contribution < -0.4 is 5.32 Å². The van der Waals surface area contributed by atoms with Gasteiger partial charge in [0.15, 0.2) is 0 Å². The molecule has 1 rings (SSSR count). The number of nitrogens with zero attached hydrogens (tertiary/aromatic N) is 1. The lowest BCUT2D eigenvalue weighted by molar-refractivity contribution is 0.273. The van der Waals surface area contributed by atoms with Crippen LogP contribution in [0.25, 0.3) is 0 Å². The molecule has 1 aliphatic rings. The van der Waals surface area contributed by atoms with E-state index in [1.807, 2.05) is 12.2 Å². The van der Waals surface area contributed by atoms with E-state index in [9.17, 15) is 0 Å². The molecule has 1 aliphatic heterocycles. The summed E-state index contributed by atoms with van der Waals surface area (Å²) in [7, 11) is 0. The van der Waals surface area contributed by atoms with Crippen molar-refractivity contribution in [3.05, 3.63) is 25.3 Å². The molecule has 0 amide bonds.